The van der Waals surface area contributed by atoms with Crippen molar-refractivity contribution in [3.63, 3.8) is 0 Å². The molecule has 1 aromatic heterocycles. The van der Waals surface area contributed by atoms with Crippen molar-refractivity contribution in [2.45, 2.75) is 25.4 Å². The Morgan fingerprint density at radius 2 is 2.21 bits per heavy atom. The van der Waals surface area contributed by atoms with Crippen LogP contribution in [0.5, 0.6) is 0 Å². The molecule has 0 saturated carbocycles. The van der Waals surface area contributed by atoms with Crippen LogP contribution in [0.2, 0.25) is 0 Å². The molecule has 2 heterocycles. The maximum atomic E-state index is 11.9. The summed E-state index contributed by atoms with van der Waals surface area (Å²) in [7, 11) is 3.79. The van der Waals surface area contributed by atoms with Gasteiger partial charge in [-0.2, -0.15) is 5.10 Å². The summed E-state index contributed by atoms with van der Waals surface area (Å²) < 4.78 is 6.81. The Balaban J connectivity index is 1.84. The van der Waals surface area contributed by atoms with Crippen molar-refractivity contribution in [3.05, 3.63) is 22.6 Å². The highest BCUT2D eigenvalue weighted by Crippen LogP contribution is 2.06. The van der Waals surface area contributed by atoms with Crippen molar-refractivity contribution in [1.82, 2.24) is 15.1 Å². The van der Waals surface area contributed by atoms with E-state index in [9.17, 15) is 4.79 Å². The lowest BCUT2D eigenvalue weighted by Crippen LogP contribution is -2.38. The second kappa shape index (κ2) is 6.68. The molecule has 1 aromatic rings. The molecule has 1 aliphatic rings. The number of hydrogen-bond acceptors (Lipinski definition) is 5. The van der Waals surface area contributed by atoms with Gasteiger partial charge in [-0.15, -0.1) is 0 Å². The van der Waals surface area contributed by atoms with E-state index in [1.54, 1.807) is 12.3 Å². The van der Waals surface area contributed by atoms with E-state index in [0.717, 1.165) is 38.3 Å². The highest BCUT2D eigenvalue weighted by Gasteiger charge is 2.12. The van der Waals surface area contributed by atoms with Crippen molar-refractivity contribution in [1.29, 1.82) is 0 Å². The van der Waals surface area contributed by atoms with Crippen LogP contribution < -0.4 is 15.8 Å². The zero-order chi connectivity index (χ0) is 13.7. The van der Waals surface area contributed by atoms with Gasteiger partial charge in [0.1, 0.15) is 0 Å². The number of nitrogens with zero attached hydrogens (tertiary/aromatic N) is 3. The Morgan fingerprint density at radius 3 is 2.84 bits per heavy atom. The average molecular weight is 266 g/mol. The highest BCUT2D eigenvalue weighted by atomic mass is 16.5. The first-order valence-electron chi connectivity index (χ1n) is 6.72. The predicted molar refractivity (Wildman–Crippen MR) is 74.7 cm³/mol. The van der Waals surface area contributed by atoms with Crippen LogP contribution in [-0.2, 0) is 11.3 Å². The second-order valence-electron chi connectivity index (χ2n) is 5.01. The lowest BCUT2D eigenvalue weighted by molar-refractivity contribution is 0.0778. The van der Waals surface area contributed by atoms with Gasteiger partial charge in [0.25, 0.3) is 5.56 Å². The van der Waals surface area contributed by atoms with Crippen molar-refractivity contribution in [2.75, 3.05) is 38.8 Å². The van der Waals surface area contributed by atoms with Crippen LogP contribution >= 0.6 is 0 Å². The number of rotatable bonds is 5. The standard InChI is InChI=1S/C13H22N4O2/c1-16(2)12-9-13(18)17(15-10-12)6-5-14-11-3-7-19-8-4-11/h9-11,14H,3-8H2,1-2H3. The van der Waals surface area contributed by atoms with E-state index >= 15 is 0 Å². The van der Waals surface area contributed by atoms with Crippen molar-refractivity contribution in [2.24, 2.45) is 0 Å². The fourth-order valence-electron chi connectivity index (χ4n) is 2.11. The number of hydrogen-bond donors (Lipinski definition) is 1. The van der Waals surface area contributed by atoms with Crippen molar-refractivity contribution in [3.8, 4) is 0 Å². The third kappa shape index (κ3) is 4.04. The summed E-state index contributed by atoms with van der Waals surface area (Å²) in [6.45, 7) is 3.02. The number of nitrogens with one attached hydrogen (secondary N) is 1. The number of ether oxygens (including phenoxy) is 1. The van der Waals surface area contributed by atoms with Gasteiger partial charge >= 0.3 is 0 Å². The van der Waals surface area contributed by atoms with E-state index in [1.807, 2.05) is 19.0 Å². The van der Waals surface area contributed by atoms with E-state index in [1.165, 1.54) is 4.68 Å². The van der Waals surface area contributed by atoms with Crippen LogP contribution in [-0.4, -0.2) is 49.7 Å². The largest absolute Gasteiger partial charge is 0.381 e. The minimum absolute atomic E-state index is 0.0556. The fraction of sp³-hybridized carbons (Fsp3) is 0.692. The highest BCUT2D eigenvalue weighted by molar-refractivity contribution is 5.40. The molecule has 0 aliphatic carbocycles. The molecule has 1 aliphatic heterocycles. The van der Waals surface area contributed by atoms with Gasteiger partial charge in [0.2, 0.25) is 0 Å². The average Bonchev–Trinajstić information content (AvgIpc) is 2.41. The monoisotopic (exact) mass is 266 g/mol. The normalized spacial score (nSPS) is 16.5. The molecule has 6 nitrogen and oxygen atoms in total. The summed E-state index contributed by atoms with van der Waals surface area (Å²) in [6, 6.07) is 2.12. The first-order valence-corrected chi connectivity index (χ1v) is 6.72. The maximum Gasteiger partial charge on any atom is 0.268 e. The summed E-state index contributed by atoms with van der Waals surface area (Å²) in [5.41, 5.74) is 0.776. The van der Waals surface area contributed by atoms with Crippen LogP contribution in [0.1, 0.15) is 12.8 Å². The van der Waals surface area contributed by atoms with Crippen LogP contribution in [0.25, 0.3) is 0 Å². The van der Waals surface area contributed by atoms with E-state index < -0.39 is 0 Å². The Hall–Kier alpha value is -1.40. The summed E-state index contributed by atoms with van der Waals surface area (Å²) in [5.74, 6) is 0. The van der Waals surface area contributed by atoms with E-state index in [0.29, 0.717) is 12.6 Å². The van der Waals surface area contributed by atoms with Gasteiger partial charge in [0.15, 0.2) is 0 Å². The van der Waals surface area contributed by atoms with E-state index in [-0.39, 0.29) is 5.56 Å². The van der Waals surface area contributed by atoms with Gasteiger partial charge in [0, 0.05) is 46.0 Å². The molecule has 6 heteroatoms. The quantitative estimate of drug-likeness (QED) is 0.818. The molecule has 0 bridgehead atoms. The van der Waals surface area contributed by atoms with E-state index in [4.69, 9.17) is 4.74 Å². The molecule has 1 N–H and O–H groups in total. The minimum Gasteiger partial charge on any atom is -0.381 e. The molecular weight excluding hydrogens is 244 g/mol. The lowest BCUT2D eigenvalue weighted by Gasteiger charge is -2.23. The maximum absolute atomic E-state index is 11.9. The molecule has 2 rings (SSSR count). The third-order valence-electron chi connectivity index (χ3n) is 3.35. The molecule has 1 saturated heterocycles. The summed E-state index contributed by atoms with van der Waals surface area (Å²) in [5, 5.41) is 7.62. The zero-order valence-electron chi connectivity index (χ0n) is 11.6. The smallest absolute Gasteiger partial charge is 0.268 e. The van der Waals surface area contributed by atoms with Crippen LogP contribution in [0.15, 0.2) is 17.1 Å². The molecule has 1 fully saturated rings. The molecule has 19 heavy (non-hydrogen) atoms. The second-order valence-corrected chi connectivity index (χ2v) is 5.01. The van der Waals surface area contributed by atoms with Crippen LogP contribution in [0.4, 0.5) is 5.69 Å². The molecule has 106 valence electrons. The van der Waals surface area contributed by atoms with E-state index in [2.05, 4.69) is 10.4 Å². The molecular formula is C13H22N4O2. The predicted octanol–water partition coefficient (Wildman–Crippen LogP) is 0.0779. The number of anilines is 1. The van der Waals surface area contributed by atoms with Crippen molar-refractivity contribution >= 4 is 5.69 Å². The van der Waals surface area contributed by atoms with Gasteiger partial charge < -0.3 is 15.0 Å². The summed E-state index contributed by atoms with van der Waals surface area (Å²) in [4.78, 5) is 13.7. The Kier molecular flexibility index (Phi) is 4.93. The topological polar surface area (TPSA) is 59.4 Å². The SMILES string of the molecule is CN(C)c1cnn(CCNC2CCOCC2)c(=O)c1. The van der Waals surface area contributed by atoms with Gasteiger partial charge in [-0.05, 0) is 12.8 Å². The first-order chi connectivity index (χ1) is 9.16. The zero-order valence-corrected chi connectivity index (χ0v) is 11.6. The Bertz CT molecular complexity index is 452. The van der Waals surface area contributed by atoms with Gasteiger partial charge in [-0.3, -0.25) is 4.79 Å². The number of aromatic nitrogens is 2. The Morgan fingerprint density at radius 1 is 1.47 bits per heavy atom. The summed E-state index contributed by atoms with van der Waals surface area (Å²) in [6.07, 6.45) is 3.81. The van der Waals surface area contributed by atoms with Gasteiger partial charge in [-0.1, -0.05) is 0 Å². The first kappa shape index (κ1) is 14.0. The van der Waals surface area contributed by atoms with Crippen molar-refractivity contribution < 1.29 is 4.74 Å². The molecule has 0 atom stereocenters. The molecule has 0 radical (unpaired) electrons. The Labute approximate surface area is 113 Å². The fourth-order valence-corrected chi connectivity index (χ4v) is 2.11. The molecule has 0 unspecified atom stereocenters. The molecule has 0 spiro atoms. The lowest BCUT2D eigenvalue weighted by atomic mass is 10.1. The van der Waals surface area contributed by atoms with Gasteiger partial charge in [0.05, 0.1) is 18.4 Å². The van der Waals surface area contributed by atoms with Crippen LogP contribution in [0, 0.1) is 0 Å². The molecule has 0 aromatic carbocycles. The summed E-state index contributed by atoms with van der Waals surface area (Å²) >= 11 is 0. The minimum atomic E-state index is -0.0556. The van der Waals surface area contributed by atoms with Crippen LogP contribution in [0.3, 0.4) is 0 Å². The third-order valence-corrected chi connectivity index (χ3v) is 3.35. The van der Waals surface area contributed by atoms with Gasteiger partial charge in [-0.25, -0.2) is 4.68 Å². The molecule has 0 amide bonds.